The summed E-state index contributed by atoms with van der Waals surface area (Å²) >= 11 is 0. The van der Waals surface area contributed by atoms with Gasteiger partial charge in [-0.3, -0.25) is 9.69 Å². The summed E-state index contributed by atoms with van der Waals surface area (Å²) in [4.78, 5) is 15.9. The molecule has 0 saturated carbocycles. The van der Waals surface area contributed by atoms with Gasteiger partial charge in [-0.05, 0) is 32.0 Å². The van der Waals surface area contributed by atoms with Crippen LogP contribution in [0, 0.1) is 5.82 Å². The summed E-state index contributed by atoms with van der Waals surface area (Å²) in [6.07, 6.45) is 1.17. The molecule has 1 aromatic carbocycles. The Morgan fingerprint density at radius 3 is 2.29 bits per heavy atom. The van der Waals surface area contributed by atoms with Crippen molar-refractivity contribution in [2.45, 2.75) is 24.8 Å². The van der Waals surface area contributed by atoms with Gasteiger partial charge < -0.3 is 4.90 Å². The molecular weight excluding hydrogens is 409 g/mol. The molecule has 1 N–H and O–H groups in total. The number of nitrogens with one attached hydrogen (secondary N) is 1. The fraction of sp³-hybridized carbons (Fsp3) is 0.588. The highest BCUT2D eigenvalue weighted by molar-refractivity contribution is 7.90. The Balaban J connectivity index is 2.10. The summed E-state index contributed by atoms with van der Waals surface area (Å²) in [6.45, 7) is 5.26. The van der Waals surface area contributed by atoms with Crippen molar-refractivity contribution in [1.82, 2.24) is 14.5 Å². The summed E-state index contributed by atoms with van der Waals surface area (Å²) in [5, 5.41) is 0. The lowest BCUT2D eigenvalue weighted by molar-refractivity contribution is 0.0639. The van der Waals surface area contributed by atoms with Crippen molar-refractivity contribution in [3.8, 4) is 0 Å². The van der Waals surface area contributed by atoms with Gasteiger partial charge in [0.2, 0.25) is 10.0 Å². The van der Waals surface area contributed by atoms with Gasteiger partial charge in [0, 0.05) is 45.0 Å². The van der Waals surface area contributed by atoms with E-state index >= 15 is 0 Å². The van der Waals surface area contributed by atoms with Gasteiger partial charge in [-0.15, -0.1) is 0 Å². The van der Waals surface area contributed by atoms with Crippen molar-refractivity contribution < 1.29 is 26.0 Å². The zero-order chi connectivity index (χ0) is 21.1. The van der Waals surface area contributed by atoms with Crippen LogP contribution in [-0.4, -0.2) is 83.3 Å². The molecule has 1 aliphatic rings. The van der Waals surface area contributed by atoms with Crippen LogP contribution in [0.25, 0.3) is 0 Å². The topological polar surface area (TPSA) is 104 Å². The predicted molar refractivity (Wildman–Crippen MR) is 104 cm³/mol. The minimum atomic E-state index is -3.85. The SMILES string of the molecule is CC(C)NS(=O)(=O)c1ccc(F)c(C(=O)N2CCN(CCS(C)(=O)=O)CC2)c1. The van der Waals surface area contributed by atoms with Crippen LogP contribution in [0.1, 0.15) is 24.2 Å². The highest BCUT2D eigenvalue weighted by Gasteiger charge is 2.26. The minimum Gasteiger partial charge on any atom is -0.336 e. The summed E-state index contributed by atoms with van der Waals surface area (Å²) in [7, 11) is -6.91. The molecule has 1 aromatic rings. The molecule has 8 nitrogen and oxygen atoms in total. The van der Waals surface area contributed by atoms with E-state index in [1.165, 1.54) is 11.2 Å². The second-order valence-electron chi connectivity index (χ2n) is 7.18. The first-order valence-corrected chi connectivity index (χ1v) is 12.4. The lowest BCUT2D eigenvalue weighted by Crippen LogP contribution is -2.49. The Morgan fingerprint density at radius 2 is 1.75 bits per heavy atom. The van der Waals surface area contributed by atoms with E-state index in [0.29, 0.717) is 32.7 Å². The predicted octanol–water partition coefficient (Wildman–Crippen LogP) is 0.315. The highest BCUT2D eigenvalue weighted by atomic mass is 32.2. The van der Waals surface area contributed by atoms with E-state index in [0.717, 1.165) is 18.2 Å². The van der Waals surface area contributed by atoms with Crippen molar-refractivity contribution in [2.24, 2.45) is 0 Å². The maximum Gasteiger partial charge on any atom is 0.256 e. The fourth-order valence-electron chi connectivity index (χ4n) is 2.85. The summed E-state index contributed by atoms with van der Waals surface area (Å²) in [5.74, 6) is -1.33. The summed E-state index contributed by atoms with van der Waals surface area (Å²) in [6, 6.07) is 2.82. The molecule has 0 aliphatic carbocycles. The molecule has 158 valence electrons. The van der Waals surface area contributed by atoms with Crippen molar-refractivity contribution in [3.05, 3.63) is 29.6 Å². The minimum absolute atomic E-state index is 0.0400. The lowest BCUT2D eigenvalue weighted by Gasteiger charge is -2.34. The zero-order valence-corrected chi connectivity index (χ0v) is 17.8. The zero-order valence-electron chi connectivity index (χ0n) is 16.2. The third-order valence-electron chi connectivity index (χ3n) is 4.31. The van der Waals surface area contributed by atoms with Gasteiger partial charge in [0.05, 0.1) is 16.2 Å². The lowest BCUT2D eigenvalue weighted by atomic mass is 10.1. The monoisotopic (exact) mass is 435 g/mol. The van der Waals surface area contributed by atoms with Crippen LogP contribution in [0.3, 0.4) is 0 Å². The first-order chi connectivity index (χ1) is 12.9. The Morgan fingerprint density at radius 1 is 1.14 bits per heavy atom. The molecule has 0 spiro atoms. The largest absolute Gasteiger partial charge is 0.336 e. The van der Waals surface area contributed by atoms with Gasteiger partial charge in [-0.25, -0.2) is 25.9 Å². The molecule has 1 saturated heterocycles. The molecule has 0 aromatic heterocycles. The summed E-state index contributed by atoms with van der Waals surface area (Å²) in [5.41, 5.74) is -0.295. The van der Waals surface area contributed by atoms with E-state index in [1.54, 1.807) is 13.8 Å². The quantitative estimate of drug-likeness (QED) is 0.661. The number of carbonyl (C=O) groups excluding carboxylic acids is 1. The maximum atomic E-state index is 14.2. The Labute approximate surface area is 165 Å². The number of carbonyl (C=O) groups is 1. The van der Waals surface area contributed by atoms with Crippen LogP contribution < -0.4 is 4.72 Å². The van der Waals surface area contributed by atoms with Gasteiger partial charge in [-0.2, -0.15) is 0 Å². The van der Waals surface area contributed by atoms with Gasteiger partial charge in [0.25, 0.3) is 5.91 Å². The molecule has 28 heavy (non-hydrogen) atoms. The van der Waals surface area contributed by atoms with E-state index in [2.05, 4.69) is 4.72 Å². The molecule has 0 radical (unpaired) electrons. The van der Waals surface area contributed by atoms with E-state index in [-0.39, 0.29) is 22.3 Å². The van der Waals surface area contributed by atoms with Gasteiger partial charge >= 0.3 is 0 Å². The highest BCUT2D eigenvalue weighted by Crippen LogP contribution is 2.18. The molecule has 1 heterocycles. The molecule has 1 aliphatic heterocycles. The van der Waals surface area contributed by atoms with Gasteiger partial charge in [-0.1, -0.05) is 0 Å². The van der Waals surface area contributed by atoms with Crippen molar-refractivity contribution in [2.75, 3.05) is 44.7 Å². The van der Waals surface area contributed by atoms with Crippen LogP contribution >= 0.6 is 0 Å². The maximum absolute atomic E-state index is 14.2. The molecular formula is C17H26FN3O5S2. The number of benzene rings is 1. The van der Waals surface area contributed by atoms with Crippen LogP contribution in [-0.2, 0) is 19.9 Å². The summed E-state index contributed by atoms with van der Waals surface area (Å²) < 4.78 is 63.7. The Kier molecular flexibility index (Phi) is 7.18. The van der Waals surface area contributed by atoms with E-state index in [9.17, 15) is 26.0 Å². The number of sulfone groups is 1. The van der Waals surface area contributed by atoms with Crippen LogP contribution in [0.4, 0.5) is 4.39 Å². The van der Waals surface area contributed by atoms with Crippen LogP contribution in [0.2, 0.25) is 0 Å². The molecule has 1 amide bonds. The number of piperazine rings is 1. The smallest absolute Gasteiger partial charge is 0.256 e. The second-order valence-corrected chi connectivity index (χ2v) is 11.2. The number of halogens is 1. The number of amides is 1. The average Bonchev–Trinajstić information content (AvgIpc) is 2.58. The number of hydrogen-bond acceptors (Lipinski definition) is 6. The van der Waals surface area contributed by atoms with Gasteiger partial charge in [0.15, 0.2) is 0 Å². The van der Waals surface area contributed by atoms with E-state index in [1.807, 2.05) is 4.90 Å². The van der Waals surface area contributed by atoms with Crippen LogP contribution in [0.5, 0.6) is 0 Å². The number of hydrogen-bond donors (Lipinski definition) is 1. The van der Waals surface area contributed by atoms with Crippen LogP contribution in [0.15, 0.2) is 23.1 Å². The number of nitrogens with zero attached hydrogens (tertiary/aromatic N) is 2. The number of rotatable bonds is 7. The first kappa shape index (κ1) is 22.7. The van der Waals surface area contributed by atoms with E-state index in [4.69, 9.17) is 0 Å². The fourth-order valence-corrected chi connectivity index (χ4v) is 4.72. The molecule has 0 unspecified atom stereocenters. The van der Waals surface area contributed by atoms with Crippen molar-refractivity contribution in [3.63, 3.8) is 0 Å². The van der Waals surface area contributed by atoms with Gasteiger partial charge in [0.1, 0.15) is 15.7 Å². The molecule has 0 atom stereocenters. The van der Waals surface area contributed by atoms with E-state index < -0.39 is 31.6 Å². The molecule has 0 bridgehead atoms. The third-order valence-corrected chi connectivity index (χ3v) is 6.89. The molecule has 11 heteroatoms. The Bertz CT molecular complexity index is 924. The second kappa shape index (κ2) is 8.85. The standard InChI is InChI=1S/C17H26FN3O5S2/c1-13(2)19-28(25,26)14-4-5-16(18)15(12-14)17(22)21-8-6-20(7-9-21)10-11-27(3,23)24/h4-5,12-13,19H,6-11H2,1-3H3. The number of sulfonamides is 1. The molecule has 2 rings (SSSR count). The third kappa shape index (κ3) is 6.23. The first-order valence-electron chi connectivity index (χ1n) is 8.90. The Hall–Kier alpha value is -1.56. The van der Waals surface area contributed by atoms with Crippen molar-refractivity contribution >= 4 is 25.8 Å². The van der Waals surface area contributed by atoms with Crippen molar-refractivity contribution in [1.29, 1.82) is 0 Å². The molecule has 1 fully saturated rings. The average molecular weight is 436 g/mol. The normalized spacial score (nSPS) is 16.5.